The Balaban J connectivity index is 2.06. The zero-order valence-corrected chi connectivity index (χ0v) is 13.7. The number of rotatable bonds is 3. The van der Waals surface area contributed by atoms with Crippen LogP contribution in [0.1, 0.15) is 13.8 Å². The molecular formula is C16H22FN3O4. The molecule has 0 saturated carbocycles. The molecule has 1 aromatic carbocycles. The molecule has 7 nitrogen and oxygen atoms in total. The number of urea groups is 1. The van der Waals surface area contributed by atoms with Gasteiger partial charge in [-0.1, -0.05) is 13.8 Å². The van der Waals surface area contributed by atoms with Gasteiger partial charge in [-0.25, -0.2) is 9.18 Å². The number of hydrogen-bond acceptors (Lipinski definition) is 4. The number of carbonyl (C=O) groups excluding carboxylic acids is 2. The molecule has 0 aliphatic carbocycles. The summed E-state index contributed by atoms with van der Waals surface area (Å²) in [7, 11) is 0. The Morgan fingerprint density at radius 3 is 2.83 bits per heavy atom. The lowest BCUT2D eigenvalue weighted by molar-refractivity contribution is -0.118. The molecule has 132 valence electrons. The summed E-state index contributed by atoms with van der Waals surface area (Å²) in [4.78, 5) is 25.4. The lowest BCUT2D eigenvalue weighted by Gasteiger charge is -2.22. The van der Waals surface area contributed by atoms with E-state index in [9.17, 15) is 19.1 Å². The molecular weight excluding hydrogens is 317 g/mol. The van der Waals surface area contributed by atoms with Crippen molar-refractivity contribution < 1.29 is 23.8 Å². The summed E-state index contributed by atoms with van der Waals surface area (Å²) in [5.74, 6) is -1.19. The number of halogens is 1. The van der Waals surface area contributed by atoms with E-state index in [1.165, 1.54) is 23.1 Å². The van der Waals surface area contributed by atoms with E-state index in [-0.39, 0.29) is 30.7 Å². The molecule has 0 radical (unpaired) electrons. The summed E-state index contributed by atoms with van der Waals surface area (Å²) in [6, 6.07) is 3.51. The second-order valence-corrected chi connectivity index (χ2v) is 5.94. The molecule has 1 aliphatic rings. The minimum absolute atomic E-state index is 0.00531. The van der Waals surface area contributed by atoms with Gasteiger partial charge in [-0.3, -0.25) is 4.79 Å². The summed E-state index contributed by atoms with van der Waals surface area (Å²) in [6.45, 7) is 4.43. The van der Waals surface area contributed by atoms with Crippen molar-refractivity contribution >= 4 is 23.3 Å². The lowest BCUT2D eigenvalue weighted by atomic mass is 10.2. The first-order chi connectivity index (χ1) is 11.4. The molecule has 1 saturated heterocycles. The maximum atomic E-state index is 13.8. The van der Waals surface area contributed by atoms with Gasteiger partial charge in [0.2, 0.25) is 5.91 Å². The monoisotopic (exact) mass is 339 g/mol. The van der Waals surface area contributed by atoms with Crippen LogP contribution in [0.4, 0.5) is 20.6 Å². The summed E-state index contributed by atoms with van der Waals surface area (Å²) >= 11 is 0. The minimum Gasteiger partial charge on any atom is -0.389 e. The average molecular weight is 339 g/mol. The number of nitrogens with one attached hydrogen (secondary N) is 2. The van der Waals surface area contributed by atoms with Crippen LogP contribution < -0.4 is 10.6 Å². The van der Waals surface area contributed by atoms with Gasteiger partial charge in [-0.05, 0) is 18.2 Å². The van der Waals surface area contributed by atoms with Crippen LogP contribution in [-0.2, 0) is 9.53 Å². The zero-order valence-electron chi connectivity index (χ0n) is 13.7. The Hall–Kier alpha value is -2.19. The van der Waals surface area contributed by atoms with E-state index in [2.05, 4.69) is 10.6 Å². The second-order valence-electron chi connectivity index (χ2n) is 5.94. The fourth-order valence-electron chi connectivity index (χ4n) is 2.16. The van der Waals surface area contributed by atoms with E-state index in [1.807, 2.05) is 0 Å². The smallest absolute Gasteiger partial charge is 0.322 e. The molecule has 1 fully saturated rings. The number of aliphatic hydroxyl groups is 1. The molecule has 0 unspecified atom stereocenters. The molecule has 2 rings (SSSR count). The van der Waals surface area contributed by atoms with Gasteiger partial charge in [-0.15, -0.1) is 0 Å². The first-order valence-corrected chi connectivity index (χ1v) is 7.79. The first-order valence-electron chi connectivity index (χ1n) is 7.79. The number of nitrogens with zero attached hydrogens (tertiary/aromatic N) is 1. The zero-order chi connectivity index (χ0) is 17.7. The fraction of sp³-hybridized carbons (Fsp3) is 0.500. The standard InChI is InChI=1S/C16H22FN3O4/c1-10(2)15(22)19-14-7-11(3-4-13(14)17)18-16(23)20-5-6-24-9-12(21)8-20/h3-4,7,10,12,21H,5-6,8-9H2,1-2H3,(H,18,23)(H,19,22)/t12-/m1/s1. The van der Waals surface area contributed by atoms with Crippen molar-refractivity contribution in [2.45, 2.75) is 20.0 Å². The minimum atomic E-state index is -0.743. The predicted molar refractivity (Wildman–Crippen MR) is 87.3 cm³/mol. The molecule has 1 aromatic rings. The molecule has 8 heteroatoms. The highest BCUT2D eigenvalue weighted by molar-refractivity contribution is 5.94. The summed E-state index contributed by atoms with van der Waals surface area (Å²) in [5.41, 5.74) is 0.353. The van der Waals surface area contributed by atoms with Gasteiger partial charge >= 0.3 is 6.03 Å². The van der Waals surface area contributed by atoms with Crippen LogP contribution in [0.2, 0.25) is 0 Å². The molecule has 0 bridgehead atoms. The second kappa shape index (κ2) is 8.07. The fourth-order valence-corrected chi connectivity index (χ4v) is 2.16. The number of carbonyl (C=O) groups is 2. The van der Waals surface area contributed by atoms with Gasteiger partial charge < -0.3 is 25.4 Å². The van der Waals surface area contributed by atoms with Crippen LogP contribution in [0, 0.1) is 11.7 Å². The van der Waals surface area contributed by atoms with Gasteiger partial charge in [0.05, 0.1) is 31.5 Å². The largest absolute Gasteiger partial charge is 0.389 e. The Morgan fingerprint density at radius 2 is 2.12 bits per heavy atom. The van der Waals surface area contributed by atoms with E-state index in [0.717, 1.165) is 0 Å². The van der Waals surface area contributed by atoms with E-state index in [4.69, 9.17) is 4.74 Å². The van der Waals surface area contributed by atoms with Crippen LogP contribution in [-0.4, -0.2) is 54.4 Å². The third kappa shape index (κ3) is 4.90. The third-order valence-corrected chi connectivity index (χ3v) is 3.53. The molecule has 3 N–H and O–H groups in total. The van der Waals surface area contributed by atoms with E-state index >= 15 is 0 Å². The molecule has 1 atom stereocenters. The lowest BCUT2D eigenvalue weighted by Crippen LogP contribution is -2.40. The van der Waals surface area contributed by atoms with Crippen molar-refractivity contribution in [2.24, 2.45) is 5.92 Å². The van der Waals surface area contributed by atoms with Crippen molar-refractivity contribution in [2.75, 3.05) is 36.9 Å². The van der Waals surface area contributed by atoms with Crippen LogP contribution >= 0.6 is 0 Å². The topological polar surface area (TPSA) is 90.9 Å². The van der Waals surface area contributed by atoms with Gasteiger partial charge in [-0.2, -0.15) is 0 Å². The SMILES string of the molecule is CC(C)C(=O)Nc1cc(NC(=O)N2CCOC[C@H](O)C2)ccc1F. The van der Waals surface area contributed by atoms with Crippen LogP contribution in [0.25, 0.3) is 0 Å². The number of amides is 3. The van der Waals surface area contributed by atoms with Crippen molar-refractivity contribution in [1.82, 2.24) is 4.90 Å². The Morgan fingerprint density at radius 1 is 1.38 bits per heavy atom. The highest BCUT2D eigenvalue weighted by Crippen LogP contribution is 2.21. The molecule has 24 heavy (non-hydrogen) atoms. The predicted octanol–water partition coefficient (Wildman–Crippen LogP) is 1.65. The number of benzene rings is 1. The maximum absolute atomic E-state index is 13.8. The molecule has 1 aliphatic heterocycles. The molecule has 0 aromatic heterocycles. The van der Waals surface area contributed by atoms with Crippen LogP contribution in [0.3, 0.4) is 0 Å². The highest BCUT2D eigenvalue weighted by atomic mass is 19.1. The number of anilines is 2. The first kappa shape index (κ1) is 18.2. The van der Waals surface area contributed by atoms with E-state index in [0.29, 0.717) is 18.8 Å². The van der Waals surface area contributed by atoms with E-state index < -0.39 is 18.0 Å². The summed E-state index contributed by atoms with van der Waals surface area (Å²) < 4.78 is 19.0. The van der Waals surface area contributed by atoms with Crippen LogP contribution in [0.15, 0.2) is 18.2 Å². The third-order valence-electron chi connectivity index (χ3n) is 3.53. The summed E-state index contributed by atoms with van der Waals surface area (Å²) in [5, 5.41) is 14.8. The summed E-state index contributed by atoms with van der Waals surface area (Å²) in [6.07, 6.45) is -0.743. The molecule has 1 heterocycles. The maximum Gasteiger partial charge on any atom is 0.322 e. The van der Waals surface area contributed by atoms with Crippen molar-refractivity contribution in [3.63, 3.8) is 0 Å². The van der Waals surface area contributed by atoms with Crippen molar-refractivity contribution in [1.29, 1.82) is 0 Å². The number of ether oxygens (including phenoxy) is 1. The van der Waals surface area contributed by atoms with Crippen molar-refractivity contribution in [3.05, 3.63) is 24.0 Å². The van der Waals surface area contributed by atoms with Crippen LogP contribution in [0.5, 0.6) is 0 Å². The highest BCUT2D eigenvalue weighted by Gasteiger charge is 2.21. The van der Waals surface area contributed by atoms with Gasteiger partial charge in [0.25, 0.3) is 0 Å². The Bertz CT molecular complexity index is 609. The number of hydrogen-bond donors (Lipinski definition) is 3. The van der Waals surface area contributed by atoms with Gasteiger partial charge in [0.15, 0.2) is 0 Å². The normalized spacial score (nSPS) is 18.2. The number of β-amino-alcohol motifs (C(OH)–C–C–N with tert-alkyl or cyclic N) is 1. The quantitative estimate of drug-likeness (QED) is 0.781. The Labute approximate surface area is 139 Å². The average Bonchev–Trinajstić information content (AvgIpc) is 2.75. The molecule has 3 amide bonds. The van der Waals surface area contributed by atoms with Crippen molar-refractivity contribution in [3.8, 4) is 0 Å². The number of aliphatic hydroxyl groups excluding tert-OH is 1. The van der Waals surface area contributed by atoms with E-state index in [1.54, 1.807) is 13.8 Å². The van der Waals surface area contributed by atoms with Gasteiger partial charge in [0, 0.05) is 18.2 Å². The molecule has 0 spiro atoms. The Kier molecular flexibility index (Phi) is 6.10. The van der Waals surface area contributed by atoms with Gasteiger partial charge in [0.1, 0.15) is 5.82 Å².